The molecule has 1 aliphatic heterocycles. The topological polar surface area (TPSA) is 95.6 Å². The second kappa shape index (κ2) is 7.89. The largest absolute Gasteiger partial charge is 0.354 e. The molecule has 1 heterocycles. The van der Waals surface area contributed by atoms with E-state index in [1.165, 1.54) is 50.7 Å². The fourth-order valence-corrected chi connectivity index (χ4v) is 8.35. The molecule has 2 amide bonds. The van der Waals surface area contributed by atoms with Crippen LogP contribution in [0.25, 0.3) is 0 Å². The number of sulfonamides is 1. The molecule has 0 unspecified atom stereocenters. The Hall–Kier alpha value is -1.93. The van der Waals surface area contributed by atoms with Gasteiger partial charge in [-0.05, 0) is 86.3 Å². The number of carbonyl (C=O) groups is 2. The third-order valence-electron chi connectivity index (χ3n) is 7.84. The third-order valence-corrected chi connectivity index (χ3v) is 9.68. The predicted octanol–water partition coefficient (Wildman–Crippen LogP) is 2.14. The summed E-state index contributed by atoms with van der Waals surface area (Å²) in [6.45, 7) is 0.968. The lowest BCUT2D eigenvalue weighted by Crippen LogP contribution is -2.49. The van der Waals surface area contributed by atoms with E-state index in [0.717, 1.165) is 28.5 Å². The molecule has 0 radical (unpaired) electrons. The van der Waals surface area contributed by atoms with Crippen LogP contribution in [0.3, 0.4) is 0 Å². The molecule has 6 rings (SSSR count). The Bertz CT molecular complexity index is 955. The molecule has 4 saturated carbocycles. The van der Waals surface area contributed by atoms with Crippen molar-refractivity contribution in [3.63, 3.8) is 0 Å². The van der Waals surface area contributed by atoms with E-state index in [4.69, 9.17) is 0 Å². The molecule has 4 bridgehead atoms. The average Bonchev–Trinajstić information content (AvgIpc) is 2.72. The second-order valence-electron chi connectivity index (χ2n) is 10.1. The van der Waals surface area contributed by atoms with Crippen molar-refractivity contribution >= 4 is 21.8 Å². The lowest BCUT2D eigenvalue weighted by molar-refractivity contribution is -0.122. The van der Waals surface area contributed by atoms with E-state index >= 15 is 0 Å². The molecule has 1 aromatic carbocycles. The van der Waals surface area contributed by atoms with Gasteiger partial charge >= 0.3 is 0 Å². The first-order valence-corrected chi connectivity index (χ1v) is 12.9. The summed E-state index contributed by atoms with van der Waals surface area (Å²) >= 11 is 0. The maximum atomic E-state index is 12.9. The highest BCUT2D eigenvalue weighted by molar-refractivity contribution is 7.89. The van der Waals surface area contributed by atoms with E-state index in [0.29, 0.717) is 24.1 Å². The zero-order valence-electron chi connectivity index (χ0n) is 17.8. The SMILES string of the molecule is O=C1CN(S(=O)(=O)c2cccc(C(=O)NCCC34CC5CC(CC(C5)C3)C4)c2)CCN1. The summed E-state index contributed by atoms with van der Waals surface area (Å²) in [6.07, 6.45) is 9.18. The molecule has 4 aliphatic carbocycles. The van der Waals surface area contributed by atoms with E-state index in [1.54, 1.807) is 12.1 Å². The maximum absolute atomic E-state index is 12.9. The van der Waals surface area contributed by atoms with E-state index in [1.807, 2.05) is 0 Å². The van der Waals surface area contributed by atoms with Gasteiger partial charge in [-0.3, -0.25) is 9.59 Å². The number of rotatable bonds is 6. The molecule has 5 fully saturated rings. The standard InChI is InChI=1S/C23H31N3O4S/c27-21-15-26(7-6-24-21)31(29,30)20-3-1-2-19(11-20)22(28)25-5-4-23-12-16-8-17(13-23)10-18(9-16)14-23/h1-3,11,16-18H,4-10,12-15H2,(H,24,27)(H,25,28). The van der Waals surface area contributed by atoms with Crippen molar-refractivity contribution in [2.75, 3.05) is 26.2 Å². The summed E-state index contributed by atoms with van der Waals surface area (Å²) in [7, 11) is -3.81. The van der Waals surface area contributed by atoms with Crippen LogP contribution in [0.2, 0.25) is 0 Å². The number of amides is 2. The van der Waals surface area contributed by atoms with Crippen LogP contribution in [0.5, 0.6) is 0 Å². The highest BCUT2D eigenvalue weighted by Gasteiger charge is 2.50. The number of nitrogens with one attached hydrogen (secondary N) is 2. The normalized spacial score (nSPS) is 32.6. The fourth-order valence-electron chi connectivity index (χ4n) is 6.91. The van der Waals surface area contributed by atoms with E-state index in [2.05, 4.69) is 10.6 Å². The van der Waals surface area contributed by atoms with Crippen LogP contribution in [-0.2, 0) is 14.8 Å². The molecule has 2 N–H and O–H groups in total. The number of hydrogen-bond acceptors (Lipinski definition) is 4. The summed E-state index contributed by atoms with van der Waals surface area (Å²) in [6, 6.07) is 6.13. The van der Waals surface area contributed by atoms with Gasteiger partial charge in [-0.15, -0.1) is 0 Å². The quantitative estimate of drug-likeness (QED) is 0.701. The summed E-state index contributed by atoms with van der Waals surface area (Å²) in [5.74, 6) is 2.12. The van der Waals surface area contributed by atoms with Crippen molar-refractivity contribution in [3.8, 4) is 0 Å². The van der Waals surface area contributed by atoms with Gasteiger partial charge in [-0.1, -0.05) is 6.07 Å². The Morgan fingerprint density at radius 2 is 1.81 bits per heavy atom. The van der Waals surface area contributed by atoms with Gasteiger partial charge in [0.05, 0.1) is 11.4 Å². The summed E-state index contributed by atoms with van der Waals surface area (Å²) in [5.41, 5.74) is 0.746. The Morgan fingerprint density at radius 3 is 2.45 bits per heavy atom. The van der Waals surface area contributed by atoms with E-state index in [-0.39, 0.29) is 29.8 Å². The van der Waals surface area contributed by atoms with Gasteiger partial charge in [-0.25, -0.2) is 8.42 Å². The van der Waals surface area contributed by atoms with Gasteiger partial charge in [0, 0.05) is 25.2 Å². The minimum absolute atomic E-state index is 0.0518. The smallest absolute Gasteiger partial charge is 0.251 e. The van der Waals surface area contributed by atoms with Gasteiger partial charge in [-0.2, -0.15) is 4.31 Å². The zero-order valence-corrected chi connectivity index (χ0v) is 18.6. The van der Waals surface area contributed by atoms with Gasteiger partial charge in [0.1, 0.15) is 0 Å². The zero-order chi connectivity index (χ0) is 21.6. The van der Waals surface area contributed by atoms with Crippen LogP contribution in [0.15, 0.2) is 29.2 Å². The lowest BCUT2D eigenvalue weighted by Gasteiger charge is -2.57. The summed E-state index contributed by atoms with van der Waals surface area (Å²) in [5, 5.41) is 5.65. The number of nitrogens with zero attached hydrogens (tertiary/aromatic N) is 1. The molecule has 0 spiro atoms. The van der Waals surface area contributed by atoms with Gasteiger partial charge < -0.3 is 10.6 Å². The number of carbonyl (C=O) groups excluding carboxylic acids is 2. The molecule has 0 aromatic heterocycles. The third kappa shape index (κ3) is 4.12. The number of hydrogen-bond donors (Lipinski definition) is 2. The van der Waals surface area contributed by atoms with Crippen LogP contribution < -0.4 is 10.6 Å². The average molecular weight is 446 g/mol. The molecule has 8 heteroatoms. The Morgan fingerprint density at radius 1 is 1.13 bits per heavy atom. The molecule has 1 aromatic rings. The summed E-state index contributed by atoms with van der Waals surface area (Å²) < 4.78 is 27.0. The number of benzene rings is 1. The minimum Gasteiger partial charge on any atom is -0.354 e. The van der Waals surface area contributed by atoms with Crippen molar-refractivity contribution in [3.05, 3.63) is 29.8 Å². The van der Waals surface area contributed by atoms with Crippen molar-refractivity contribution in [2.24, 2.45) is 23.2 Å². The second-order valence-corrected chi connectivity index (χ2v) is 12.1. The van der Waals surface area contributed by atoms with Crippen molar-refractivity contribution in [2.45, 2.75) is 49.8 Å². The van der Waals surface area contributed by atoms with Gasteiger partial charge in [0.15, 0.2) is 0 Å². The monoisotopic (exact) mass is 445 g/mol. The predicted molar refractivity (Wildman–Crippen MR) is 116 cm³/mol. The van der Waals surface area contributed by atoms with Crippen molar-refractivity contribution in [1.29, 1.82) is 0 Å². The first kappa shape index (κ1) is 20.9. The van der Waals surface area contributed by atoms with E-state index < -0.39 is 10.0 Å². The first-order valence-electron chi connectivity index (χ1n) is 11.5. The Balaban J connectivity index is 1.22. The molecule has 168 valence electrons. The maximum Gasteiger partial charge on any atom is 0.251 e. The highest BCUT2D eigenvalue weighted by atomic mass is 32.2. The molecule has 1 saturated heterocycles. The molecular formula is C23H31N3O4S. The molecule has 5 aliphatic rings. The minimum atomic E-state index is -3.81. The molecule has 0 atom stereocenters. The highest BCUT2D eigenvalue weighted by Crippen LogP contribution is 2.61. The van der Waals surface area contributed by atoms with Crippen LogP contribution in [0.1, 0.15) is 55.3 Å². The number of piperazine rings is 1. The van der Waals surface area contributed by atoms with Gasteiger partial charge in [0.2, 0.25) is 15.9 Å². The van der Waals surface area contributed by atoms with Crippen LogP contribution in [0.4, 0.5) is 0 Å². The van der Waals surface area contributed by atoms with Crippen LogP contribution >= 0.6 is 0 Å². The van der Waals surface area contributed by atoms with Gasteiger partial charge in [0.25, 0.3) is 5.91 Å². The van der Waals surface area contributed by atoms with Crippen molar-refractivity contribution < 1.29 is 18.0 Å². The molecule has 7 nitrogen and oxygen atoms in total. The summed E-state index contributed by atoms with van der Waals surface area (Å²) in [4.78, 5) is 24.4. The van der Waals surface area contributed by atoms with Crippen LogP contribution in [0, 0.1) is 23.2 Å². The van der Waals surface area contributed by atoms with E-state index in [9.17, 15) is 18.0 Å². The Labute approximate surface area is 184 Å². The lowest BCUT2D eigenvalue weighted by atomic mass is 9.49. The first-order chi connectivity index (χ1) is 14.8. The molecule has 31 heavy (non-hydrogen) atoms. The van der Waals surface area contributed by atoms with Crippen molar-refractivity contribution in [1.82, 2.24) is 14.9 Å². The molecular weight excluding hydrogens is 414 g/mol. The Kier molecular flexibility index (Phi) is 5.33. The fraction of sp³-hybridized carbons (Fsp3) is 0.652. The van der Waals surface area contributed by atoms with Crippen LogP contribution in [-0.4, -0.2) is 50.7 Å².